The summed E-state index contributed by atoms with van der Waals surface area (Å²) in [5, 5.41) is 25.5. The van der Waals surface area contributed by atoms with Gasteiger partial charge >= 0.3 is 0 Å². The van der Waals surface area contributed by atoms with E-state index in [9.17, 15) is 10.0 Å². The van der Waals surface area contributed by atoms with Gasteiger partial charge in [0.25, 0.3) is 5.91 Å². The lowest BCUT2D eigenvalue weighted by Crippen LogP contribution is -2.24. The molecule has 124 valence electrons. The SMILES string of the molecule is O=C(COc1ccc(C[N+]([O-])=NO)cc1)NN=Cc1cccnc1. The summed E-state index contributed by atoms with van der Waals surface area (Å²) in [5.74, 6) is 0.0487. The lowest BCUT2D eigenvalue weighted by molar-refractivity contribution is -0.570. The third kappa shape index (κ3) is 5.72. The van der Waals surface area contributed by atoms with E-state index in [2.05, 4.69) is 20.8 Å². The Labute approximate surface area is 137 Å². The van der Waals surface area contributed by atoms with Crippen LogP contribution in [0, 0.1) is 5.21 Å². The fourth-order valence-corrected chi connectivity index (χ4v) is 1.69. The van der Waals surface area contributed by atoms with E-state index in [1.807, 2.05) is 0 Å². The molecule has 0 saturated carbocycles. The number of benzene rings is 1. The lowest BCUT2D eigenvalue weighted by atomic mass is 10.2. The summed E-state index contributed by atoms with van der Waals surface area (Å²) < 4.78 is 5.29. The van der Waals surface area contributed by atoms with Gasteiger partial charge in [0.2, 0.25) is 6.54 Å². The number of hydrogen-bond donors (Lipinski definition) is 2. The number of nitrogens with zero attached hydrogens (tertiary/aromatic N) is 4. The number of ether oxygens (including phenoxy) is 1. The fourth-order valence-electron chi connectivity index (χ4n) is 1.69. The molecule has 1 aromatic carbocycles. The molecule has 2 rings (SSSR count). The second kappa shape index (κ2) is 8.83. The molecule has 0 aliphatic heterocycles. The highest BCUT2D eigenvalue weighted by Gasteiger charge is 2.04. The maximum Gasteiger partial charge on any atom is 0.277 e. The van der Waals surface area contributed by atoms with Crippen molar-refractivity contribution in [2.75, 3.05) is 6.61 Å². The second-order valence-electron chi connectivity index (χ2n) is 4.61. The van der Waals surface area contributed by atoms with Crippen LogP contribution in [0.25, 0.3) is 0 Å². The maximum atomic E-state index is 11.6. The van der Waals surface area contributed by atoms with Crippen molar-refractivity contribution in [1.82, 2.24) is 10.4 Å². The van der Waals surface area contributed by atoms with Gasteiger partial charge in [-0.25, -0.2) is 5.43 Å². The molecule has 0 aliphatic rings. The zero-order chi connectivity index (χ0) is 17.2. The van der Waals surface area contributed by atoms with Crippen LogP contribution in [-0.2, 0) is 11.3 Å². The summed E-state index contributed by atoms with van der Waals surface area (Å²) in [6, 6.07) is 10.0. The molecular formula is C15H15N5O4. The highest BCUT2D eigenvalue weighted by molar-refractivity contribution is 5.82. The fraction of sp³-hybridized carbons (Fsp3) is 0.133. The van der Waals surface area contributed by atoms with Gasteiger partial charge in [0.1, 0.15) is 5.75 Å². The van der Waals surface area contributed by atoms with Gasteiger partial charge in [-0.2, -0.15) is 5.10 Å². The van der Waals surface area contributed by atoms with Crippen molar-refractivity contribution in [3.63, 3.8) is 0 Å². The molecule has 0 aliphatic carbocycles. The van der Waals surface area contributed by atoms with Crippen LogP contribution in [0.4, 0.5) is 0 Å². The molecule has 0 bridgehead atoms. The van der Waals surface area contributed by atoms with Crippen molar-refractivity contribution in [2.45, 2.75) is 6.54 Å². The first-order chi connectivity index (χ1) is 11.7. The summed E-state index contributed by atoms with van der Waals surface area (Å²) in [5.41, 5.74) is 3.74. The molecule has 0 spiro atoms. The molecule has 0 fully saturated rings. The van der Waals surface area contributed by atoms with Gasteiger partial charge in [0.05, 0.1) is 6.21 Å². The van der Waals surface area contributed by atoms with Crippen LogP contribution in [0.3, 0.4) is 0 Å². The molecule has 0 saturated heterocycles. The van der Waals surface area contributed by atoms with Gasteiger partial charge in [-0.1, -0.05) is 10.9 Å². The Morgan fingerprint density at radius 2 is 2.17 bits per heavy atom. The smallest absolute Gasteiger partial charge is 0.277 e. The molecule has 1 aromatic heterocycles. The zero-order valence-electron chi connectivity index (χ0n) is 12.6. The molecule has 1 amide bonds. The number of carbonyl (C=O) groups is 1. The number of hydroxylamine groups is 1. The normalized spacial score (nSPS) is 11.4. The monoisotopic (exact) mass is 329 g/mol. The van der Waals surface area contributed by atoms with Crippen molar-refractivity contribution >= 4 is 12.1 Å². The molecule has 2 N–H and O–H groups in total. The third-order valence-electron chi connectivity index (χ3n) is 2.80. The number of amides is 1. The maximum absolute atomic E-state index is 11.6. The minimum absolute atomic E-state index is 0.0830. The molecular weight excluding hydrogens is 314 g/mol. The Morgan fingerprint density at radius 3 is 2.83 bits per heavy atom. The van der Waals surface area contributed by atoms with E-state index in [0.717, 1.165) is 5.56 Å². The van der Waals surface area contributed by atoms with Gasteiger partial charge in [0, 0.05) is 23.5 Å². The van der Waals surface area contributed by atoms with Crippen molar-refractivity contribution < 1.29 is 19.6 Å². The Kier molecular flexibility index (Phi) is 6.21. The zero-order valence-corrected chi connectivity index (χ0v) is 12.6. The number of hydrazone groups is 1. The van der Waals surface area contributed by atoms with Crippen LogP contribution in [0.5, 0.6) is 5.75 Å². The molecule has 0 unspecified atom stereocenters. The Morgan fingerprint density at radius 1 is 1.38 bits per heavy atom. The van der Waals surface area contributed by atoms with Crippen molar-refractivity contribution in [3.8, 4) is 5.75 Å². The predicted octanol–water partition coefficient (Wildman–Crippen LogP) is 1.46. The summed E-state index contributed by atoms with van der Waals surface area (Å²) in [6.45, 7) is -0.288. The Balaban J connectivity index is 1.76. The minimum Gasteiger partial charge on any atom is -0.597 e. The van der Waals surface area contributed by atoms with Gasteiger partial charge in [-0.15, -0.1) is 0 Å². The summed E-state index contributed by atoms with van der Waals surface area (Å²) in [4.78, 5) is 15.7. The van der Waals surface area contributed by atoms with Gasteiger partial charge < -0.3 is 15.2 Å². The van der Waals surface area contributed by atoms with E-state index < -0.39 is 5.91 Å². The van der Waals surface area contributed by atoms with Crippen LogP contribution in [0.15, 0.2) is 59.2 Å². The third-order valence-corrected chi connectivity index (χ3v) is 2.80. The quantitative estimate of drug-likeness (QED) is 0.344. The largest absolute Gasteiger partial charge is 0.597 e. The van der Waals surface area contributed by atoms with E-state index in [-0.39, 0.29) is 18.0 Å². The standard InChI is InChI=1S/C15H15N5O4/c21-15(18-17-9-13-2-1-7-16-8-13)11-24-14-5-3-12(4-6-14)10-20(23)19-22/h1-9,22H,10-11H2,(H,18,21). The van der Waals surface area contributed by atoms with E-state index in [1.165, 1.54) is 6.21 Å². The number of pyridine rings is 1. The van der Waals surface area contributed by atoms with E-state index in [1.54, 1.807) is 48.8 Å². The van der Waals surface area contributed by atoms with Crippen LogP contribution in [-0.4, -0.2) is 33.8 Å². The number of hydrogen-bond acceptors (Lipinski definition) is 6. The summed E-state index contributed by atoms with van der Waals surface area (Å²) in [6.07, 6.45) is 4.73. The van der Waals surface area contributed by atoms with Crippen LogP contribution < -0.4 is 10.2 Å². The number of aromatic nitrogens is 1. The van der Waals surface area contributed by atoms with Gasteiger partial charge in [-0.3, -0.25) is 9.78 Å². The molecule has 0 radical (unpaired) electrons. The van der Waals surface area contributed by atoms with Gasteiger partial charge in [-0.05, 0) is 30.3 Å². The highest BCUT2D eigenvalue weighted by atomic mass is 16.6. The topological polar surface area (TPSA) is 122 Å². The first-order valence-electron chi connectivity index (χ1n) is 6.91. The Bertz CT molecular complexity index is 716. The summed E-state index contributed by atoms with van der Waals surface area (Å²) >= 11 is 0. The van der Waals surface area contributed by atoms with Crippen molar-refractivity contribution in [3.05, 3.63) is 65.1 Å². The van der Waals surface area contributed by atoms with Crippen LogP contribution >= 0.6 is 0 Å². The highest BCUT2D eigenvalue weighted by Crippen LogP contribution is 2.12. The molecule has 0 atom stereocenters. The average molecular weight is 329 g/mol. The number of nitrogens with one attached hydrogen (secondary N) is 1. The van der Waals surface area contributed by atoms with Crippen molar-refractivity contribution in [1.29, 1.82) is 0 Å². The minimum atomic E-state index is -0.413. The van der Waals surface area contributed by atoms with Crippen molar-refractivity contribution in [2.24, 2.45) is 10.4 Å². The molecule has 2 aromatic rings. The first-order valence-corrected chi connectivity index (χ1v) is 6.91. The van der Waals surface area contributed by atoms with Crippen LogP contribution in [0.2, 0.25) is 0 Å². The number of rotatable bonds is 7. The second-order valence-corrected chi connectivity index (χ2v) is 4.61. The first kappa shape index (κ1) is 16.9. The molecule has 1 heterocycles. The van der Waals surface area contributed by atoms with E-state index in [4.69, 9.17) is 9.94 Å². The van der Waals surface area contributed by atoms with Gasteiger partial charge in [0.15, 0.2) is 11.9 Å². The van der Waals surface area contributed by atoms with Crippen LogP contribution in [0.1, 0.15) is 11.1 Å². The number of carbonyl (C=O) groups excluding carboxylic acids is 1. The average Bonchev–Trinajstić information content (AvgIpc) is 2.62. The lowest BCUT2D eigenvalue weighted by Gasteiger charge is -2.05. The van der Waals surface area contributed by atoms with E-state index in [0.29, 0.717) is 11.3 Å². The predicted molar refractivity (Wildman–Crippen MR) is 83.5 cm³/mol. The Hall–Kier alpha value is -3.49. The van der Waals surface area contributed by atoms with E-state index >= 15 is 0 Å². The molecule has 9 heteroatoms. The summed E-state index contributed by atoms with van der Waals surface area (Å²) in [7, 11) is 0. The molecule has 9 nitrogen and oxygen atoms in total. The molecule has 24 heavy (non-hydrogen) atoms.